The summed E-state index contributed by atoms with van der Waals surface area (Å²) in [6.07, 6.45) is 0.478. The summed E-state index contributed by atoms with van der Waals surface area (Å²) in [6.45, 7) is 0. The van der Waals surface area contributed by atoms with Gasteiger partial charge in [-0.2, -0.15) is 0 Å². The molecule has 0 radical (unpaired) electrons. The molecule has 0 fully saturated rings. The minimum Gasteiger partial charge on any atom is -0.493 e. The number of methoxy groups -OCH3 is 3. The predicted molar refractivity (Wildman–Crippen MR) is 143 cm³/mol. The Balaban J connectivity index is 1.63. The van der Waals surface area contributed by atoms with Crippen molar-refractivity contribution in [3.63, 3.8) is 0 Å². The van der Waals surface area contributed by atoms with Crippen LogP contribution in [-0.2, 0) is 19.2 Å². The molecule has 4 aromatic rings. The van der Waals surface area contributed by atoms with Gasteiger partial charge in [0.15, 0.2) is 22.5 Å². The first kappa shape index (κ1) is 27.0. The van der Waals surface area contributed by atoms with E-state index in [1.54, 1.807) is 30.3 Å². The normalized spacial score (nSPS) is 11.6. The summed E-state index contributed by atoms with van der Waals surface area (Å²) in [5, 5.41) is 12.4. The van der Waals surface area contributed by atoms with Crippen LogP contribution in [0.2, 0.25) is 0 Å². The second kappa shape index (κ2) is 12.5. The Kier molecular flexibility index (Phi) is 8.85. The summed E-state index contributed by atoms with van der Waals surface area (Å²) in [6, 6.07) is 19.2. The molecule has 0 aliphatic carbocycles. The van der Waals surface area contributed by atoms with E-state index < -0.39 is 6.04 Å². The Morgan fingerprint density at radius 3 is 2.34 bits per heavy atom. The van der Waals surface area contributed by atoms with Gasteiger partial charge in [-0.3, -0.25) is 4.79 Å². The molecule has 1 heterocycles. The van der Waals surface area contributed by atoms with Crippen LogP contribution in [0.5, 0.6) is 17.2 Å². The zero-order valence-corrected chi connectivity index (χ0v) is 22.4. The van der Waals surface area contributed by atoms with E-state index in [2.05, 4.69) is 15.5 Å². The van der Waals surface area contributed by atoms with Crippen molar-refractivity contribution < 1.29 is 23.4 Å². The van der Waals surface area contributed by atoms with Crippen molar-refractivity contribution in [2.45, 2.75) is 23.4 Å². The first-order valence-electron chi connectivity index (χ1n) is 11.9. The third-order valence-electron chi connectivity index (χ3n) is 6.03. The van der Waals surface area contributed by atoms with E-state index >= 15 is 0 Å². The van der Waals surface area contributed by atoms with E-state index in [4.69, 9.17) is 14.2 Å². The Hall–Kier alpha value is -4.05. The molecule has 198 valence electrons. The number of carbonyl (C=O) groups excluding carboxylic acids is 1. The van der Waals surface area contributed by atoms with Gasteiger partial charge in [0, 0.05) is 12.8 Å². The molecule has 0 bridgehead atoms. The monoisotopic (exact) mass is 536 g/mol. The molecular formula is C28H29FN4O4S. The molecule has 1 atom stereocenters. The van der Waals surface area contributed by atoms with E-state index in [1.165, 1.54) is 39.2 Å². The molecule has 1 N–H and O–H groups in total. The van der Waals surface area contributed by atoms with Gasteiger partial charge < -0.3 is 24.1 Å². The van der Waals surface area contributed by atoms with E-state index in [1.807, 2.05) is 41.9 Å². The van der Waals surface area contributed by atoms with E-state index in [-0.39, 0.29) is 17.5 Å². The number of ether oxygens (including phenoxy) is 3. The van der Waals surface area contributed by atoms with Crippen LogP contribution in [0.15, 0.2) is 71.9 Å². The third-order valence-corrected chi connectivity index (χ3v) is 7.10. The smallest absolute Gasteiger partial charge is 0.255 e. The molecule has 1 amide bonds. The maximum Gasteiger partial charge on any atom is 0.255 e. The van der Waals surface area contributed by atoms with Gasteiger partial charge in [0.2, 0.25) is 5.75 Å². The fourth-order valence-corrected chi connectivity index (χ4v) is 4.99. The number of benzene rings is 3. The van der Waals surface area contributed by atoms with Gasteiger partial charge in [-0.1, -0.05) is 60.3 Å². The summed E-state index contributed by atoms with van der Waals surface area (Å²) < 4.78 is 32.2. The highest BCUT2D eigenvalue weighted by atomic mass is 32.2. The van der Waals surface area contributed by atoms with Crippen LogP contribution < -0.4 is 19.5 Å². The molecule has 0 saturated carbocycles. The van der Waals surface area contributed by atoms with Crippen LogP contribution in [0.25, 0.3) is 0 Å². The summed E-state index contributed by atoms with van der Waals surface area (Å²) >= 11 is 1.38. The maximum atomic E-state index is 14.1. The molecular weight excluding hydrogens is 507 g/mol. The zero-order valence-electron chi connectivity index (χ0n) is 21.6. The summed E-state index contributed by atoms with van der Waals surface area (Å²) in [7, 11) is 6.31. The van der Waals surface area contributed by atoms with Gasteiger partial charge >= 0.3 is 0 Å². The maximum absolute atomic E-state index is 14.1. The van der Waals surface area contributed by atoms with Crippen molar-refractivity contribution in [1.29, 1.82) is 0 Å². The molecule has 10 heteroatoms. The number of amides is 1. The van der Waals surface area contributed by atoms with Crippen molar-refractivity contribution in [1.82, 2.24) is 20.1 Å². The second-order valence-electron chi connectivity index (χ2n) is 8.38. The highest BCUT2D eigenvalue weighted by Gasteiger charge is 2.26. The Labute approximate surface area is 225 Å². The van der Waals surface area contributed by atoms with Gasteiger partial charge in [0.25, 0.3) is 5.91 Å². The number of hydrogen-bond acceptors (Lipinski definition) is 7. The van der Waals surface area contributed by atoms with E-state index in [0.717, 1.165) is 5.56 Å². The number of hydrogen-bond donors (Lipinski definition) is 1. The lowest BCUT2D eigenvalue weighted by Crippen LogP contribution is -2.32. The Morgan fingerprint density at radius 2 is 1.66 bits per heavy atom. The topological polar surface area (TPSA) is 87.5 Å². The van der Waals surface area contributed by atoms with Crippen LogP contribution >= 0.6 is 11.8 Å². The highest BCUT2D eigenvalue weighted by molar-refractivity contribution is 7.98. The van der Waals surface area contributed by atoms with Crippen molar-refractivity contribution in [3.05, 3.63) is 95.1 Å². The highest BCUT2D eigenvalue weighted by Crippen LogP contribution is 2.40. The molecule has 0 saturated heterocycles. The minimum atomic E-state index is -0.511. The molecule has 1 aromatic heterocycles. The van der Waals surface area contributed by atoms with E-state index in [0.29, 0.717) is 45.8 Å². The molecule has 0 aliphatic rings. The lowest BCUT2D eigenvalue weighted by Gasteiger charge is -2.20. The minimum absolute atomic E-state index is 0.263. The molecule has 3 aromatic carbocycles. The molecule has 1 unspecified atom stereocenters. The first-order valence-corrected chi connectivity index (χ1v) is 12.8. The average molecular weight is 537 g/mol. The molecule has 4 rings (SSSR count). The second-order valence-corrected chi connectivity index (χ2v) is 9.32. The van der Waals surface area contributed by atoms with Gasteiger partial charge in [0.1, 0.15) is 5.82 Å². The van der Waals surface area contributed by atoms with E-state index in [9.17, 15) is 9.18 Å². The fourth-order valence-electron chi connectivity index (χ4n) is 4.09. The Bertz CT molecular complexity index is 1400. The van der Waals surface area contributed by atoms with Gasteiger partial charge in [-0.15, -0.1) is 10.2 Å². The number of rotatable bonds is 11. The fraction of sp³-hybridized carbons (Fsp3) is 0.250. The van der Waals surface area contributed by atoms with Crippen LogP contribution in [0, 0.1) is 5.82 Å². The quantitative estimate of drug-likeness (QED) is 0.270. The van der Waals surface area contributed by atoms with Gasteiger partial charge in [0.05, 0.1) is 32.9 Å². The SMILES string of the molecule is COc1ccc(C(=O)NC(Cc2ccccc2)c2nnc(SCc3ccccc3F)n2C)c(OC)c1OC. The largest absolute Gasteiger partial charge is 0.493 e. The van der Waals surface area contributed by atoms with Crippen LogP contribution in [0.1, 0.15) is 33.4 Å². The number of nitrogens with zero attached hydrogens (tertiary/aromatic N) is 3. The Morgan fingerprint density at radius 1 is 0.947 bits per heavy atom. The molecule has 0 aliphatic heterocycles. The van der Waals surface area contributed by atoms with Crippen LogP contribution in [0.3, 0.4) is 0 Å². The van der Waals surface area contributed by atoms with Crippen molar-refractivity contribution in [2.75, 3.05) is 21.3 Å². The molecule has 8 nitrogen and oxygen atoms in total. The lowest BCUT2D eigenvalue weighted by atomic mass is 10.0. The van der Waals surface area contributed by atoms with Gasteiger partial charge in [-0.05, 0) is 35.7 Å². The van der Waals surface area contributed by atoms with Crippen LogP contribution in [-0.4, -0.2) is 42.0 Å². The van der Waals surface area contributed by atoms with Gasteiger partial charge in [-0.25, -0.2) is 4.39 Å². The van der Waals surface area contributed by atoms with Crippen molar-refractivity contribution >= 4 is 17.7 Å². The zero-order chi connectivity index (χ0) is 27.1. The number of thioether (sulfide) groups is 1. The predicted octanol–water partition coefficient (Wildman–Crippen LogP) is 4.99. The lowest BCUT2D eigenvalue weighted by molar-refractivity contribution is 0.0930. The van der Waals surface area contributed by atoms with Crippen LogP contribution in [0.4, 0.5) is 4.39 Å². The summed E-state index contributed by atoms with van der Waals surface area (Å²) in [5.74, 6) is 1.38. The van der Waals surface area contributed by atoms with Crippen molar-refractivity contribution in [2.24, 2.45) is 7.05 Å². The van der Waals surface area contributed by atoms with Crippen molar-refractivity contribution in [3.8, 4) is 17.2 Å². The summed E-state index contributed by atoms with van der Waals surface area (Å²) in [4.78, 5) is 13.5. The standard InChI is InChI=1S/C28H29FN4O4S/c1-33-26(31-32-28(33)38-17-19-12-8-9-13-21(19)29)22(16-18-10-6-5-7-11-18)30-27(34)20-14-15-23(35-2)25(37-4)24(20)36-3/h5-15,22H,16-17H2,1-4H3,(H,30,34). The summed E-state index contributed by atoms with van der Waals surface area (Å²) in [5.41, 5.74) is 1.89. The average Bonchev–Trinajstić information content (AvgIpc) is 3.31. The molecule has 0 spiro atoms. The number of aromatic nitrogens is 3. The number of carbonyl (C=O) groups is 1. The number of nitrogens with one attached hydrogen (secondary N) is 1. The molecule has 38 heavy (non-hydrogen) atoms. The first-order chi connectivity index (χ1) is 18.5. The third kappa shape index (κ3) is 5.91. The number of halogens is 1.